The molecular formula is C10H12N2O2. The van der Waals surface area contributed by atoms with Crippen molar-refractivity contribution in [3.63, 3.8) is 0 Å². The summed E-state index contributed by atoms with van der Waals surface area (Å²) in [6, 6.07) is 4.78. The van der Waals surface area contributed by atoms with Crippen molar-refractivity contribution < 1.29 is 9.53 Å². The minimum absolute atomic E-state index is 0.510. The van der Waals surface area contributed by atoms with Crippen LogP contribution in [0.15, 0.2) is 18.2 Å². The van der Waals surface area contributed by atoms with Crippen molar-refractivity contribution in [3.05, 3.63) is 29.3 Å². The SMILES string of the molecule is NC(=O)C(N)c1ccc2c(c1)CCO2. The fourth-order valence-corrected chi connectivity index (χ4v) is 1.56. The molecule has 0 saturated heterocycles. The zero-order valence-electron chi connectivity index (χ0n) is 7.69. The normalized spacial score (nSPS) is 15.8. The van der Waals surface area contributed by atoms with Crippen molar-refractivity contribution in [1.82, 2.24) is 0 Å². The molecule has 14 heavy (non-hydrogen) atoms. The number of carbonyl (C=O) groups excluding carboxylic acids is 1. The monoisotopic (exact) mass is 192 g/mol. The Hall–Kier alpha value is -1.55. The van der Waals surface area contributed by atoms with Gasteiger partial charge in [-0.05, 0) is 23.3 Å². The number of fused-ring (bicyclic) bond motifs is 1. The van der Waals surface area contributed by atoms with E-state index in [1.807, 2.05) is 12.1 Å². The van der Waals surface area contributed by atoms with Crippen molar-refractivity contribution in [2.75, 3.05) is 6.61 Å². The number of ether oxygens (including phenoxy) is 1. The molecule has 1 atom stereocenters. The highest BCUT2D eigenvalue weighted by molar-refractivity contribution is 5.81. The number of hydrogen-bond acceptors (Lipinski definition) is 3. The summed E-state index contributed by atoms with van der Waals surface area (Å²) in [6.45, 7) is 0.699. The van der Waals surface area contributed by atoms with Crippen LogP contribution in [0.25, 0.3) is 0 Å². The van der Waals surface area contributed by atoms with Gasteiger partial charge in [0, 0.05) is 6.42 Å². The van der Waals surface area contributed by atoms with E-state index in [1.165, 1.54) is 0 Å². The molecule has 0 fully saturated rings. The molecule has 1 aromatic rings. The number of hydrogen-bond donors (Lipinski definition) is 2. The smallest absolute Gasteiger partial charge is 0.238 e. The number of benzene rings is 1. The average molecular weight is 192 g/mol. The molecule has 74 valence electrons. The van der Waals surface area contributed by atoms with Crippen molar-refractivity contribution in [3.8, 4) is 5.75 Å². The van der Waals surface area contributed by atoms with Crippen LogP contribution < -0.4 is 16.2 Å². The highest BCUT2D eigenvalue weighted by Gasteiger charge is 2.17. The Kier molecular flexibility index (Phi) is 2.13. The molecule has 1 aliphatic heterocycles. The highest BCUT2D eigenvalue weighted by Crippen LogP contribution is 2.27. The van der Waals surface area contributed by atoms with E-state index in [9.17, 15) is 4.79 Å². The molecule has 2 rings (SSSR count). The lowest BCUT2D eigenvalue weighted by Gasteiger charge is -2.08. The van der Waals surface area contributed by atoms with Crippen molar-refractivity contribution in [2.24, 2.45) is 11.5 Å². The predicted molar refractivity (Wildman–Crippen MR) is 51.8 cm³/mol. The Bertz CT molecular complexity index is 376. The van der Waals surface area contributed by atoms with Crippen LogP contribution >= 0.6 is 0 Å². The van der Waals surface area contributed by atoms with Crippen LogP contribution in [0.4, 0.5) is 0 Å². The van der Waals surface area contributed by atoms with Gasteiger partial charge in [0.1, 0.15) is 11.8 Å². The van der Waals surface area contributed by atoms with Gasteiger partial charge in [0.25, 0.3) is 0 Å². The minimum atomic E-state index is -0.721. The first-order chi connectivity index (χ1) is 6.68. The van der Waals surface area contributed by atoms with Crippen molar-refractivity contribution in [2.45, 2.75) is 12.5 Å². The molecule has 1 unspecified atom stereocenters. The van der Waals surface area contributed by atoms with E-state index in [0.29, 0.717) is 6.61 Å². The summed E-state index contributed by atoms with van der Waals surface area (Å²) in [6.07, 6.45) is 0.870. The number of carbonyl (C=O) groups is 1. The summed E-state index contributed by atoms with van der Waals surface area (Å²) < 4.78 is 5.34. The Morgan fingerprint density at radius 2 is 2.29 bits per heavy atom. The second kappa shape index (κ2) is 3.31. The third-order valence-corrected chi connectivity index (χ3v) is 2.38. The summed E-state index contributed by atoms with van der Waals surface area (Å²) in [5, 5.41) is 0. The highest BCUT2D eigenvalue weighted by atomic mass is 16.5. The second-order valence-corrected chi connectivity index (χ2v) is 3.35. The average Bonchev–Trinajstić information content (AvgIpc) is 2.62. The van der Waals surface area contributed by atoms with E-state index in [1.54, 1.807) is 6.07 Å². The Morgan fingerprint density at radius 1 is 1.50 bits per heavy atom. The van der Waals surface area contributed by atoms with E-state index in [2.05, 4.69) is 0 Å². The molecule has 0 aliphatic carbocycles. The predicted octanol–water partition coefficient (Wildman–Crippen LogP) is 0.107. The molecule has 0 spiro atoms. The van der Waals surface area contributed by atoms with Crippen LogP contribution in [0.2, 0.25) is 0 Å². The molecule has 0 radical (unpaired) electrons. The fraction of sp³-hybridized carbons (Fsp3) is 0.300. The lowest BCUT2D eigenvalue weighted by molar-refractivity contribution is -0.119. The lowest BCUT2D eigenvalue weighted by atomic mass is 10.0. The van der Waals surface area contributed by atoms with E-state index in [-0.39, 0.29) is 0 Å². The molecule has 1 amide bonds. The van der Waals surface area contributed by atoms with Gasteiger partial charge < -0.3 is 16.2 Å². The Labute approximate surface area is 81.8 Å². The fourth-order valence-electron chi connectivity index (χ4n) is 1.56. The zero-order valence-corrected chi connectivity index (χ0v) is 7.69. The molecule has 0 aromatic heterocycles. The summed E-state index contributed by atoms with van der Waals surface area (Å²) >= 11 is 0. The van der Waals surface area contributed by atoms with E-state index in [4.69, 9.17) is 16.2 Å². The Balaban J connectivity index is 2.33. The van der Waals surface area contributed by atoms with Crippen LogP contribution in [0.1, 0.15) is 17.2 Å². The summed E-state index contributed by atoms with van der Waals surface area (Å²) in [4.78, 5) is 10.9. The third-order valence-electron chi connectivity index (χ3n) is 2.38. The zero-order chi connectivity index (χ0) is 10.1. The first-order valence-electron chi connectivity index (χ1n) is 4.49. The van der Waals surface area contributed by atoms with Gasteiger partial charge in [0.15, 0.2) is 0 Å². The van der Waals surface area contributed by atoms with Gasteiger partial charge in [-0.2, -0.15) is 0 Å². The van der Waals surface area contributed by atoms with Crippen molar-refractivity contribution in [1.29, 1.82) is 0 Å². The number of nitrogens with two attached hydrogens (primary N) is 2. The van der Waals surface area contributed by atoms with Crippen LogP contribution in [0, 0.1) is 0 Å². The van der Waals surface area contributed by atoms with Gasteiger partial charge in [-0.1, -0.05) is 6.07 Å². The van der Waals surface area contributed by atoms with E-state index < -0.39 is 11.9 Å². The van der Waals surface area contributed by atoms with Crippen LogP contribution in [0.5, 0.6) is 5.75 Å². The Morgan fingerprint density at radius 3 is 3.00 bits per heavy atom. The van der Waals surface area contributed by atoms with Gasteiger partial charge in [-0.25, -0.2) is 0 Å². The minimum Gasteiger partial charge on any atom is -0.493 e. The second-order valence-electron chi connectivity index (χ2n) is 3.35. The number of amides is 1. The quantitative estimate of drug-likeness (QED) is 0.697. The topological polar surface area (TPSA) is 78.3 Å². The van der Waals surface area contributed by atoms with Gasteiger partial charge in [-0.3, -0.25) is 4.79 Å². The summed E-state index contributed by atoms with van der Waals surface area (Å²) in [5.41, 5.74) is 12.6. The molecule has 1 aromatic carbocycles. The standard InChI is InChI=1S/C10H12N2O2/c11-9(10(12)13)7-1-2-8-6(5-7)3-4-14-8/h1-2,5,9H,3-4,11H2,(H2,12,13). The molecule has 1 heterocycles. The molecule has 4 nitrogen and oxygen atoms in total. The van der Waals surface area contributed by atoms with Gasteiger partial charge >= 0.3 is 0 Å². The molecule has 0 bridgehead atoms. The van der Waals surface area contributed by atoms with Gasteiger partial charge in [0.05, 0.1) is 6.61 Å². The van der Waals surface area contributed by atoms with Crippen LogP contribution in [-0.4, -0.2) is 12.5 Å². The molecule has 4 N–H and O–H groups in total. The molecular weight excluding hydrogens is 180 g/mol. The molecule has 1 aliphatic rings. The van der Waals surface area contributed by atoms with E-state index in [0.717, 1.165) is 23.3 Å². The number of rotatable bonds is 2. The largest absolute Gasteiger partial charge is 0.493 e. The van der Waals surface area contributed by atoms with Gasteiger partial charge in [-0.15, -0.1) is 0 Å². The maximum absolute atomic E-state index is 10.9. The first kappa shape index (κ1) is 9.02. The summed E-state index contributed by atoms with van der Waals surface area (Å²) in [7, 11) is 0. The van der Waals surface area contributed by atoms with Crippen molar-refractivity contribution >= 4 is 5.91 Å². The maximum atomic E-state index is 10.9. The van der Waals surface area contributed by atoms with Crippen LogP contribution in [0.3, 0.4) is 0 Å². The maximum Gasteiger partial charge on any atom is 0.238 e. The molecule has 0 saturated carbocycles. The third kappa shape index (κ3) is 1.44. The van der Waals surface area contributed by atoms with Gasteiger partial charge in [0.2, 0.25) is 5.91 Å². The lowest BCUT2D eigenvalue weighted by Crippen LogP contribution is -2.28. The molecule has 4 heteroatoms. The number of primary amides is 1. The first-order valence-corrected chi connectivity index (χ1v) is 4.49. The van der Waals surface area contributed by atoms with Crippen LogP contribution in [-0.2, 0) is 11.2 Å². The van der Waals surface area contributed by atoms with E-state index >= 15 is 0 Å². The summed E-state index contributed by atoms with van der Waals surface area (Å²) in [5.74, 6) is 0.370.